The summed E-state index contributed by atoms with van der Waals surface area (Å²) >= 11 is 0. The lowest BCUT2D eigenvalue weighted by atomic mass is 9.89. The first kappa shape index (κ1) is 22.2. The molecule has 154 valence electrons. The zero-order chi connectivity index (χ0) is 20.0. The fourth-order valence-corrected chi connectivity index (χ4v) is 4.49. The maximum absolute atomic E-state index is 11.6. The van der Waals surface area contributed by atoms with Crippen molar-refractivity contribution in [3.63, 3.8) is 0 Å². The Morgan fingerprint density at radius 2 is 2.04 bits per heavy atom. The Labute approximate surface area is 164 Å². The van der Waals surface area contributed by atoms with Gasteiger partial charge in [-0.2, -0.15) is 0 Å². The standard InChI is InChI=1S/C23H38O4/c1-5-16(4)21(24)11-10-19-20-13-17(12-18(20)14-22(19)25)8-6-7-9-23(26)27-15(2)3/h8,10-11,15-16,18-22,24-25H,5-7,9,12-14H2,1-4H3/b11-10+,17-8+/t16?,18-,19+,20-,21+,22+/m0/s1. The summed E-state index contributed by atoms with van der Waals surface area (Å²) in [6, 6.07) is 0. The van der Waals surface area contributed by atoms with Crippen LogP contribution < -0.4 is 0 Å². The van der Waals surface area contributed by atoms with Crippen LogP contribution in [-0.2, 0) is 9.53 Å². The fourth-order valence-electron chi connectivity index (χ4n) is 4.49. The molecular weight excluding hydrogens is 340 g/mol. The zero-order valence-electron chi connectivity index (χ0n) is 17.4. The van der Waals surface area contributed by atoms with Gasteiger partial charge in [-0.15, -0.1) is 0 Å². The number of aliphatic hydroxyl groups is 2. The van der Waals surface area contributed by atoms with Crippen molar-refractivity contribution in [3.8, 4) is 0 Å². The largest absolute Gasteiger partial charge is 0.463 e. The van der Waals surface area contributed by atoms with Gasteiger partial charge in [-0.1, -0.05) is 44.1 Å². The summed E-state index contributed by atoms with van der Waals surface area (Å²) in [5.41, 5.74) is 1.47. The first-order chi connectivity index (χ1) is 12.8. The molecule has 2 saturated carbocycles. The number of hydrogen-bond donors (Lipinski definition) is 2. The average Bonchev–Trinajstić information content (AvgIpc) is 3.11. The van der Waals surface area contributed by atoms with Gasteiger partial charge in [0.05, 0.1) is 18.3 Å². The summed E-state index contributed by atoms with van der Waals surface area (Å²) in [5.74, 6) is 1.32. The molecule has 0 radical (unpaired) electrons. The lowest BCUT2D eigenvalue weighted by Gasteiger charge is -2.19. The van der Waals surface area contributed by atoms with Crippen molar-refractivity contribution < 1.29 is 19.7 Å². The average molecular weight is 379 g/mol. The Morgan fingerprint density at radius 3 is 2.70 bits per heavy atom. The number of ether oxygens (including phenoxy) is 1. The molecule has 0 spiro atoms. The van der Waals surface area contributed by atoms with Gasteiger partial charge in [0.2, 0.25) is 0 Å². The van der Waals surface area contributed by atoms with Gasteiger partial charge in [-0.25, -0.2) is 0 Å². The summed E-state index contributed by atoms with van der Waals surface area (Å²) in [6.07, 6.45) is 11.6. The van der Waals surface area contributed by atoms with Gasteiger partial charge in [0, 0.05) is 12.3 Å². The van der Waals surface area contributed by atoms with Crippen LogP contribution in [0.15, 0.2) is 23.8 Å². The highest BCUT2D eigenvalue weighted by Crippen LogP contribution is 2.50. The minimum atomic E-state index is -0.428. The summed E-state index contributed by atoms with van der Waals surface area (Å²) in [5, 5.41) is 20.6. The number of aliphatic hydroxyl groups excluding tert-OH is 2. The number of unbranched alkanes of at least 4 members (excludes halogenated alkanes) is 1. The molecule has 2 fully saturated rings. The van der Waals surface area contributed by atoms with E-state index in [0.29, 0.717) is 18.3 Å². The summed E-state index contributed by atoms with van der Waals surface area (Å²) in [6.45, 7) is 7.88. The number of carbonyl (C=O) groups excluding carboxylic acids is 1. The van der Waals surface area contributed by atoms with Crippen molar-refractivity contribution in [2.45, 2.75) is 91.0 Å². The molecule has 0 aliphatic heterocycles. The van der Waals surface area contributed by atoms with E-state index in [-0.39, 0.29) is 30.0 Å². The molecule has 0 bridgehead atoms. The predicted octanol–water partition coefficient (Wildman–Crippen LogP) is 4.40. The molecule has 0 amide bonds. The quantitative estimate of drug-likeness (QED) is 0.354. The lowest BCUT2D eigenvalue weighted by Crippen LogP contribution is -2.19. The van der Waals surface area contributed by atoms with Crippen LogP contribution >= 0.6 is 0 Å². The topological polar surface area (TPSA) is 66.8 Å². The first-order valence-electron chi connectivity index (χ1n) is 10.7. The second-order valence-corrected chi connectivity index (χ2v) is 8.77. The highest BCUT2D eigenvalue weighted by atomic mass is 16.5. The Hall–Kier alpha value is -1.13. The molecule has 27 heavy (non-hydrogen) atoms. The van der Waals surface area contributed by atoms with Gasteiger partial charge in [0.15, 0.2) is 0 Å². The van der Waals surface area contributed by atoms with Crippen LogP contribution in [0.5, 0.6) is 0 Å². The second-order valence-electron chi connectivity index (χ2n) is 8.77. The van der Waals surface area contributed by atoms with E-state index in [1.165, 1.54) is 5.57 Å². The van der Waals surface area contributed by atoms with E-state index in [4.69, 9.17) is 4.74 Å². The van der Waals surface area contributed by atoms with Gasteiger partial charge in [-0.05, 0) is 63.7 Å². The van der Waals surface area contributed by atoms with Gasteiger partial charge >= 0.3 is 5.97 Å². The molecular formula is C23H38O4. The predicted molar refractivity (Wildman–Crippen MR) is 108 cm³/mol. The van der Waals surface area contributed by atoms with Gasteiger partial charge in [0.25, 0.3) is 0 Å². The van der Waals surface area contributed by atoms with E-state index in [9.17, 15) is 15.0 Å². The Bertz CT molecular complexity index is 536. The van der Waals surface area contributed by atoms with Crippen molar-refractivity contribution in [1.82, 2.24) is 0 Å². The van der Waals surface area contributed by atoms with E-state index >= 15 is 0 Å². The van der Waals surface area contributed by atoms with E-state index < -0.39 is 6.10 Å². The van der Waals surface area contributed by atoms with Crippen molar-refractivity contribution in [2.24, 2.45) is 23.7 Å². The van der Waals surface area contributed by atoms with Crippen LogP contribution in [0.3, 0.4) is 0 Å². The number of carbonyl (C=O) groups is 1. The number of hydrogen-bond acceptors (Lipinski definition) is 4. The van der Waals surface area contributed by atoms with Crippen molar-refractivity contribution in [3.05, 3.63) is 23.8 Å². The summed E-state index contributed by atoms with van der Waals surface area (Å²) in [4.78, 5) is 11.6. The molecule has 2 aliphatic carbocycles. The number of rotatable bonds is 9. The summed E-state index contributed by atoms with van der Waals surface area (Å²) < 4.78 is 5.16. The van der Waals surface area contributed by atoms with Crippen LogP contribution in [0.25, 0.3) is 0 Å². The smallest absolute Gasteiger partial charge is 0.306 e. The third-order valence-electron chi connectivity index (χ3n) is 6.25. The molecule has 4 heteroatoms. The maximum Gasteiger partial charge on any atom is 0.306 e. The van der Waals surface area contributed by atoms with E-state index in [0.717, 1.165) is 38.5 Å². The monoisotopic (exact) mass is 378 g/mol. The third-order valence-corrected chi connectivity index (χ3v) is 6.25. The van der Waals surface area contributed by atoms with Crippen LogP contribution in [0.4, 0.5) is 0 Å². The van der Waals surface area contributed by atoms with Crippen molar-refractivity contribution in [2.75, 3.05) is 0 Å². The Balaban J connectivity index is 1.82. The molecule has 2 aliphatic rings. The van der Waals surface area contributed by atoms with Crippen LogP contribution in [0, 0.1) is 23.7 Å². The van der Waals surface area contributed by atoms with Crippen LogP contribution in [0.2, 0.25) is 0 Å². The molecule has 2 rings (SSSR count). The van der Waals surface area contributed by atoms with Crippen molar-refractivity contribution >= 4 is 5.97 Å². The lowest BCUT2D eigenvalue weighted by molar-refractivity contribution is -0.147. The highest BCUT2D eigenvalue weighted by molar-refractivity contribution is 5.69. The molecule has 6 atom stereocenters. The van der Waals surface area contributed by atoms with Crippen molar-refractivity contribution in [1.29, 1.82) is 0 Å². The van der Waals surface area contributed by atoms with Crippen LogP contribution in [-0.4, -0.2) is 34.5 Å². The number of esters is 1. The molecule has 0 saturated heterocycles. The summed E-state index contributed by atoms with van der Waals surface area (Å²) in [7, 11) is 0. The second kappa shape index (κ2) is 10.4. The highest BCUT2D eigenvalue weighted by Gasteiger charge is 2.44. The molecule has 1 unspecified atom stereocenters. The zero-order valence-corrected chi connectivity index (χ0v) is 17.4. The molecule has 0 aromatic rings. The molecule has 0 aromatic carbocycles. The first-order valence-corrected chi connectivity index (χ1v) is 10.7. The minimum absolute atomic E-state index is 0.0414. The van der Waals surface area contributed by atoms with Gasteiger partial charge in [0.1, 0.15) is 0 Å². The normalized spacial score (nSPS) is 31.6. The van der Waals surface area contributed by atoms with Crippen LogP contribution in [0.1, 0.15) is 72.6 Å². The molecule has 0 heterocycles. The number of allylic oxidation sites excluding steroid dienone is 2. The van der Waals surface area contributed by atoms with E-state index in [1.807, 2.05) is 19.9 Å². The SMILES string of the molecule is CCC(C)[C@H](O)/C=C/[C@@H]1[C@H]2C/C(=C/CCCC(=O)OC(C)C)C[C@H]2C[C@H]1O. The minimum Gasteiger partial charge on any atom is -0.463 e. The van der Waals surface area contributed by atoms with Gasteiger partial charge < -0.3 is 14.9 Å². The molecule has 4 nitrogen and oxygen atoms in total. The maximum atomic E-state index is 11.6. The number of fused-ring (bicyclic) bond motifs is 1. The Kier molecular flexibility index (Phi) is 8.56. The Morgan fingerprint density at radius 1 is 1.30 bits per heavy atom. The van der Waals surface area contributed by atoms with E-state index in [1.54, 1.807) is 0 Å². The van der Waals surface area contributed by atoms with Gasteiger partial charge in [-0.3, -0.25) is 4.79 Å². The molecule has 0 aromatic heterocycles. The molecule has 2 N–H and O–H groups in total. The van der Waals surface area contributed by atoms with E-state index in [2.05, 4.69) is 26.0 Å². The fraction of sp³-hybridized carbons (Fsp3) is 0.783. The third kappa shape index (κ3) is 6.46.